The third kappa shape index (κ3) is 1.69. The van der Waals surface area contributed by atoms with Gasteiger partial charge in [0.2, 0.25) is 0 Å². The third-order valence-electron chi connectivity index (χ3n) is 4.84. The van der Waals surface area contributed by atoms with Crippen LogP contribution in [0.25, 0.3) is 0 Å². The Morgan fingerprint density at radius 3 is 2.75 bits per heavy atom. The summed E-state index contributed by atoms with van der Waals surface area (Å²) in [4.78, 5) is 5.52. The minimum Gasteiger partial charge on any atom is -0.314 e. The highest BCUT2D eigenvalue weighted by Crippen LogP contribution is 2.34. The molecule has 0 radical (unpaired) electrons. The van der Waals surface area contributed by atoms with Gasteiger partial charge in [0.1, 0.15) is 0 Å². The predicted molar refractivity (Wildman–Crippen MR) is 66.7 cm³/mol. The summed E-state index contributed by atoms with van der Waals surface area (Å²) in [6.45, 7) is 11.1. The van der Waals surface area contributed by atoms with Crippen LogP contribution < -0.4 is 5.32 Å². The second-order valence-electron chi connectivity index (χ2n) is 6.28. The molecule has 0 aromatic rings. The second kappa shape index (κ2) is 3.97. The molecule has 0 aromatic heterocycles. The van der Waals surface area contributed by atoms with Gasteiger partial charge < -0.3 is 5.32 Å². The van der Waals surface area contributed by atoms with E-state index in [1.165, 1.54) is 45.4 Å². The molecule has 0 aliphatic carbocycles. The first-order valence-electron chi connectivity index (χ1n) is 6.90. The van der Waals surface area contributed by atoms with Crippen molar-refractivity contribution in [3.8, 4) is 0 Å². The molecule has 3 saturated heterocycles. The van der Waals surface area contributed by atoms with Gasteiger partial charge >= 0.3 is 0 Å². The molecule has 1 N–H and O–H groups in total. The molecule has 2 unspecified atom stereocenters. The van der Waals surface area contributed by atoms with Gasteiger partial charge in [-0.2, -0.15) is 0 Å². The molecule has 3 fully saturated rings. The maximum Gasteiger partial charge on any atom is 0.0281 e. The summed E-state index contributed by atoms with van der Waals surface area (Å²) in [5.74, 6) is 0. The van der Waals surface area contributed by atoms with Gasteiger partial charge in [-0.05, 0) is 39.7 Å². The molecule has 0 aromatic carbocycles. The van der Waals surface area contributed by atoms with E-state index in [0.29, 0.717) is 5.54 Å². The van der Waals surface area contributed by atoms with Crippen LogP contribution in [0.5, 0.6) is 0 Å². The number of nitrogens with zero attached hydrogens (tertiary/aromatic N) is 2. The van der Waals surface area contributed by atoms with Crippen LogP contribution in [0.2, 0.25) is 0 Å². The highest BCUT2D eigenvalue weighted by molar-refractivity contribution is 5.02. The van der Waals surface area contributed by atoms with E-state index in [1.807, 2.05) is 0 Å². The SMILES string of the molecule is CC1(C)CNCCN1C1CCN2CCCC12. The molecule has 3 aliphatic rings. The Kier molecular flexibility index (Phi) is 2.73. The fourth-order valence-electron chi connectivity index (χ4n) is 4.03. The van der Waals surface area contributed by atoms with Crippen molar-refractivity contribution in [1.29, 1.82) is 0 Å². The van der Waals surface area contributed by atoms with E-state index in [0.717, 1.165) is 18.6 Å². The summed E-state index contributed by atoms with van der Waals surface area (Å²) in [5.41, 5.74) is 0.349. The van der Waals surface area contributed by atoms with E-state index in [4.69, 9.17) is 0 Å². The van der Waals surface area contributed by atoms with Gasteiger partial charge in [-0.25, -0.2) is 0 Å². The van der Waals surface area contributed by atoms with Gasteiger partial charge in [0.15, 0.2) is 0 Å². The van der Waals surface area contributed by atoms with Crippen molar-refractivity contribution in [3.05, 3.63) is 0 Å². The lowest BCUT2D eigenvalue weighted by atomic mass is 9.94. The zero-order valence-corrected chi connectivity index (χ0v) is 10.7. The van der Waals surface area contributed by atoms with Gasteiger partial charge in [0, 0.05) is 43.8 Å². The molecule has 0 bridgehead atoms. The monoisotopic (exact) mass is 223 g/mol. The molecule has 92 valence electrons. The lowest BCUT2D eigenvalue weighted by molar-refractivity contribution is 0.0329. The Balaban J connectivity index is 1.76. The Hall–Kier alpha value is -0.120. The summed E-state index contributed by atoms with van der Waals surface area (Å²) in [6, 6.07) is 1.71. The van der Waals surface area contributed by atoms with Gasteiger partial charge in [-0.3, -0.25) is 9.80 Å². The number of hydrogen-bond acceptors (Lipinski definition) is 3. The molecule has 3 aliphatic heterocycles. The molecule has 2 atom stereocenters. The molecule has 3 rings (SSSR count). The zero-order chi connectivity index (χ0) is 11.2. The Morgan fingerprint density at radius 2 is 1.94 bits per heavy atom. The number of nitrogens with one attached hydrogen (secondary N) is 1. The molecule has 3 nitrogen and oxygen atoms in total. The molecular formula is C13H25N3. The van der Waals surface area contributed by atoms with Crippen LogP contribution in [0.3, 0.4) is 0 Å². The molecule has 0 amide bonds. The Labute approximate surface area is 99.2 Å². The molecular weight excluding hydrogens is 198 g/mol. The predicted octanol–water partition coefficient (Wildman–Crippen LogP) is 0.907. The zero-order valence-electron chi connectivity index (χ0n) is 10.7. The van der Waals surface area contributed by atoms with Crippen molar-refractivity contribution >= 4 is 0 Å². The van der Waals surface area contributed by atoms with Crippen molar-refractivity contribution in [1.82, 2.24) is 15.1 Å². The van der Waals surface area contributed by atoms with Gasteiger partial charge in [0.25, 0.3) is 0 Å². The maximum absolute atomic E-state index is 3.53. The molecule has 3 heterocycles. The van der Waals surface area contributed by atoms with Crippen LogP contribution in [0.4, 0.5) is 0 Å². The Bertz CT molecular complexity index is 264. The van der Waals surface area contributed by atoms with E-state index in [1.54, 1.807) is 0 Å². The first-order valence-corrected chi connectivity index (χ1v) is 6.90. The molecule has 16 heavy (non-hydrogen) atoms. The fourth-order valence-corrected chi connectivity index (χ4v) is 4.03. The standard InChI is InChI=1S/C13H25N3/c1-13(2)10-14-6-9-16(13)12-5-8-15-7-3-4-11(12)15/h11-12,14H,3-10H2,1-2H3. The van der Waals surface area contributed by atoms with E-state index in [-0.39, 0.29) is 0 Å². The van der Waals surface area contributed by atoms with Gasteiger partial charge in [0.05, 0.1) is 0 Å². The number of hydrogen-bond donors (Lipinski definition) is 1. The molecule has 3 heteroatoms. The van der Waals surface area contributed by atoms with Crippen molar-refractivity contribution in [2.45, 2.75) is 50.7 Å². The average molecular weight is 223 g/mol. The fraction of sp³-hybridized carbons (Fsp3) is 1.00. The van der Waals surface area contributed by atoms with Crippen molar-refractivity contribution in [2.24, 2.45) is 0 Å². The minimum atomic E-state index is 0.349. The molecule has 0 saturated carbocycles. The quantitative estimate of drug-likeness (QED) is 0.713. The number of fused-ring (bicyclic) bond motifs is 1. The maximum atomic E-state index is 3.53. The van der Waals surface area contributed by atoms with Crippen LogP contribution in [0.1, 0.15) is 33.1 Å². The topological polar surface area (TPSA) is 18.5 Å². The van der Waals surface area contributed by atoms with Crippen LogP contribution >= 0.6 is 0 Å². The molecule has 0 spiro atoms. The number of piperazine rings is 1. The van der Waals surface area contributed by atoms with Crippen molar-refractivity contribution < 1.29 is 0 Å². The normalized spacial score (nSPS) is 40.1. The average Bonchev–Trinajstić information content (AvgIpc) is 2.79. The smallest absolute Gasteiger partial charge is 0.0281 e. The highest BCUT2D eigenvalue weighted by atomic mass is 15.3. The minimum absolute atomic E-state index is 0.349. The summed E-state index contributed by atoms with van der Waals surface area (Å²) in [5, 5.41) is 3.53. The summed E-state index contributed by atoms with van der Waals surface area (Å²) in [6.07, 6.45) is 4.26. The first-order chi connectivity index (χ1) is 7.68. The largest absolute Gasteiger partial charge is 0.314 e. The van der Waals surface area contributed by atoms with Crippen LogP contribution in [0, 0.1) is 0 Å². The summed E-state index contributed by atoms with van der Waals surface area (Å²) in [7, 11) is 0. The van der Waals surface area contributed by atoms with Crippen LogP contribution in [0.15, 0.2) is 0 Å². The Morgan fingerprint density at radius 1 is 1.06 bits per heavy atom. The van der Waals surface area contributed by atoms with E-state index >= 15 is 0 Å². The van der Waals surface area contributed by atoms with E-state index < -0.39 is 0 Å². The van der Waals surface area contributed by atoms with Gasteiger partial charge in [-0.1, -0.05) is 0 Å². The van der Waals surface area contributed by atoms with E-state index in [2.05, 4.69) is 29.0 Å². The van der Waals surface area contributed by atoms with Crippen molar-refractivity contribution in [3.63, 3.8) is 0 Å². The third-order valence-corrected chi connectivity index (χ3v) is 4.84. The highest BCUT2D eigenvalue weighted by Gasteiger charge is 2.44. The van der Waals surface area contributed by atoms with E-state index in [9.17, 15) is 0 Å². The van der Waals surface area contributed by atoms with Crippen LogP contribution in [-0.4, -0.2) is 60.1 Å². The van der Waals surface area contributed by atoms with Crippen LogP contribution in [-0.2, 0) is 0 Å². The summed E-state index contributed by atoms with van der Waals surface area (Å²) < 4.78 is 0. The second-order valence-corrected chi connectivity index (χ2v) is 6.28. The van der Waals surface area contributed by atoms with Gasteiger partial charge in [-0.15, -0.1) is 0 Å². The first kappa shape index (κ1) is 11.0. The lowest BCUT2D eigenvalue weighted by Crippen LogP contribution is -2.62. The summed E-state index contributed by atoms with van der Waals surface area (Å²) >= 11 is 0. The van der Waals surface area contributed by atoms with Crippen molar-refractivity contribution in [2.75, 3.05) is 32.7 Å². The number of rotatable bonds is 1. The lowest BCUT2D eigenvalue weighted by Gasteiger charge is -2.47.